The number of nitrogens with zero attached hydrogens (tertiary/aromatic N) is 1. The number of pyridine rings is 1. The summed E-state index contributed by atoms with van der Waals surface area (Å²) >= 11 is 12.7. The molecule has 0 unspecified atom stereocenters. The van der Waals surface area contributed by atoms with Gasteiger partial charge in [-0.3, -0.25) is 4.98 Å². The molecule has 0 amide bonds. The van der Waals surface area contributed by atoms with Crippen LogP contribution >= 0.6 is 23.2 Å². The monoisotopic (exact) mass is 462 g/mol. The summed E-state index contributed by atoms with van der Waals surface area (Å²) in [7, 11) is 0. The van der Waals surface area contributed by atoms with E-state index in [0.717, 1.165) is 44.8 Å². The Labute approximate surface area is 195 Å². The van der Waals surface area contributed by atoms with Crippen molar-refractivity contribution < 1.29 is 9.90 Å². The number of hydrogen-bond donors (Lipinski definition) is 2. The molecular weight excluding hydrogens is 443 g/mol. The van der Waals surface area contributed by atoms with E-state index < -0.39 is 5.97 Å². The first kappa shape index (κ1) is 21.9. The largest absolute Gasteiger partial charge is 0.478 e. The SMILES string of the molecule is CC/C(=C(/c1ccc(/C=C/C(=O)O)cc1)c1cccc2[nH]ccc12)c1ncc(Cl)cc1Cl. The molecule has 4 nitrogen and oxygen atoms in total. The first-order chi connectivity index (χ1) is 15.5. The third-order valence-electron chi connectivity index (χ3n) is 5.23. The molecule has 0 aliphatic heterocycles. The van der Waals surface area contributed by atoms with Crippen LogP contribution in [0.2, 0.25) is 10.0 Å². The predicted molar refractivity (Wildman–Crippen MR) is 132 cm³/mol. The molecule has 0 aliphatic carbocycles. The Morgan fingerprint density at radius 2 is 1.91 bits per heavy atom. The van der Waals surface area contributed by atoms with Gasteiger partial charge in [-0.1, -0.05) is 66.5 Å². The summed E-state index contributed by atoms with van der Waals surface area (Å²) in [5, 5.41) is 11.0. The van der Waals surface area contributed by atoms with Crippen LogP contribution in [0.5, 0.6) is 0 Å². The zero-order valence-electron chi connectivity index (χ0n) is 17.3. The van der Waals surface area contributed by atoms with E-state index in [-0.39, 0.29) is 0 Å². The van der Waals surface area contributed by atoms with Gasteiger partial charge >= 0.3 is 5.97 Å². The number of benzene rings is 2. The van der Waals surface area contributed by atoms with Gasteiger partial charge in [0.1, 0.15) is 0 Å². The molecule has 0 spiro atoms. The second-order valence-electron chi connectivity index (χ2n) is 7.23. The Morgan fingerprint density at radius 3 is 2.59 bits per heavy atom. The van der Waals surface area contributed by atoms with Crippen LogP contribution < -0.4 is 0 Å². The van der Waals surface area contributed by atoms with Crippen molar-refractivity contribution in [3.8, 4) is 0 Å². The average molecular weight is 463 g/mol. The number of H-pyrrole nitrogens is 1. The Kier molecular flexibility index (Phi) is 6.45. The third-order valence-corrected chi connectivity index (χ3v) is 5.73. The Morgan fingerprint density at radius 1 is 1.12 bits per heavy atom. The van der Waals surface area contributed by atoms with E-state index in [0.29, 0.717) is 22.2 Å². The minimum absolute atomic E-state index is 0.484. The maximum Gasteiger partial charge on any atom is 0.328 e. The van der Waals surface area contributed by atoms with E-state index in [1.54, 1.807) is 18.3 Å². The highest BCUT2D eigenvalue weighted by Gasteiger charge is 2.18. The van der Waals surface area contributed by atoms with Crippen molar-refractivity contribution in [1.29, 1.82) is 0 Å². The molecule has 2 heterocycles. The lowest BCUT2D eigenvalue weighted by Crippen LogP contribution is -1.98. The number of halogens is 2. The number of nitrogens with one attached hydrogen (secondary N) is 1. The Balaban J connectivity index is 1.98. The molecule has 0 fully saturated rings. The fourth-order valence-corrected chi connectivity index (χ4v) is 4.32. The number of aromatic amines is 1. The lowest BCUT2D eigenvalue weighted by molar-refractivity contribution is -0.131. The van der Waals surface area contributed by atoms with E-state index in [4.69, 9.17) is 28.3 Å². The van der Waals surface area contributed by atoms with Gasteiger partial charge < -0.3 is 10.1 Å². The van der Waals surface area contributed by atoms with Crippen molar-refractivity contribution in [3.05, 3.63) is 105 Å². The van der Waals surface area contributed by atoms with Crippen LogP contribution in [-0.2, 0) is 4.79 Å². The summed E-state index contributed by atoms with van der Waals surface area (Å²) < 4.78 is 0. The number of carboxylic acids is 1. The normalized spacial score (nSPS) is 12.3. The second kappa shape index (κ2) is 9.43. The minimum atomic E-state index is -0.981. The molecule has 0 atom stereocenters. The topological polar surface area (TPSA) is 66.0 Å². The van der Waals surface area contributed by atoms with Crippen LogP contribution in [0, 0.1) is 0 Å². The summed E-state index contributed by atoms with van der Waals surface area (Å²) in [6.45, 7) is 2.07. The van der Waals surface area contributed by atoms with Crippen LogP contribution in [0.3, 0.4) is 0 Å². The highest BCUT2D eigenvalue weighted by molar-refractivity contribution is 6.35. The van der Waals surface area contributed by atoms with Crippen molar-refractivity contribution in [2.24, 2.45) is 0 Å². The zero-order valence-corrected chi connectivity index (χ0v) is 18.8. The number of allylic oxidation sites excluding steroid dienone is 1. The highest BCUT2D eigenvalue weighted by atomic mass is 35.5. The number of fused-ring (bicyclic) bond motifs is 1. The van der Waals surface area contributed by atoms with Crippen molar-refractivity contribution in [2.75, 3.05) is 0 Å². The molecule has 2 aromatic heterocycles. The van der Waals surface area contributed by atoms with Gasteiger partial charge in [0.15, 0.2) is 0 Å². The maximum atomic E-state index is 10.8. The summed E-state index contributed by atoms with van der Waals surface area (Å²) in [6, 6.07) is 17.7. The van der Waals surface area contributed by atoms with Gasteiger partial charge in [0, 0.05) is 29.4 Å². The zero-order chi connectivity index (χ0) is 22.7. The molecule has 6 heteroatoms. The highest BCUT2D eigenvalue weighted by Crippen LogP contribution is 2.39. The van der Waals surface area contributed by atoms with E-state index in [1.807, 2.05) is 42.6 Å². The van der Waals surface area contributed by atoms with Crippen LogP contribution in [0.4, 0.5) is 0 Å². The molecule has 0 saturated carbocycles. The second-order valence-corrected chi connectivity index (χ2v) is 8.07. The first-order valence-corrected chi connectivity index (χ1v) is 10.9. The molecule has 4 rings (SSSR count). The molecule has 32 heavy (non-hydrogen) atoms. The maximum absolute atomic E-state index is 10.8. The Hall–Kier alpha value is -3.34. The summed E-state index contributed by atoms with van der Waals surface area (Å²) in [5.41, 5.74) is 6.58. The number of aromatic nitrogens is 2. The fourth-order valence-electron chi connectivity index (χ4n) is 3.82. The average Bonchev–Trinajstić information content (AvgIpc) is 3.26. The first-order valence-electron chi connectivity index (χ1n) is 10.1. The quantitative estimate of drug-likeness (QED) is 0.294. The lowest BCUT2D eigenvalue weighted by Gasteiger charge is -2.17. The molecular formula is C26H20Cl2N2O2. The lowest BCUT2D eigenvalue weighted by atomic mass is 9.88. The van der Waals surface area contributed by atoms with Crippen molar-refractivity contribution >= 4 is 57.3 Å². The van der Waals surface area contributed by atoms with E-state index in [9.17, 15) is 4.79 Å². The van der Waals surface area contributed by atoms with Gasteiger partial charge in [-0.2, -0.15) is 0 Å². The molecule has 2 N–H and O–H groups in total. The van der Waals surface area contributed by atoms with Crippen molar-refractivity contribution in [2.45, 2.75) is 13.3 Å². The summed E-state index contributed by atoms with van der Waals surface area (Å²) in [5.74, 6) is -0.981. The predicted octanol–water partition coefficient (Wildman–Crippen LogP) is 7.34. The van der Waals surface area contributed by atoms with Gasteiger partial charge in [-0.25, -0.2) is 4.79 Å². The molecule has 4 aromatic rings. The van der Waals surface area contributed by atoms with E-state index in [2.05, 4.69) is 29.0 Å². The number of aliphatic carboxylic acids is 1. The number of carboxylic acid groups (broad SMARTS) is 1. The van der Waals surface area contributed by atoms with Crippen molar-refractivity contribution in [1.82, 2.24) is 9.97 Å². The molecule has 160 valence electrons. The minimum Gasteiger partial charge on any atom is -0.478 e. The molecule has 2 aromatic carbocycles. The van der Waals surface area contributed by atoms with Crippen molar-refractivity contribution in [3.63, 3.8) is 0 Å². The molecule has 0 aliphatic rings. The van der Waals surface area contributed by atoms with E-state index in [1.165, 1.54) is 0 Å². The Bertz CT molecular complexity index is 1350. The number of carbonyl (C=O) groups is 1. The standard InChI is InChI=1S/C26H20Cl2N2O2/c1-2-19(26-22(28)14-18(27)15-30-26)25(21-4-3-5-23-20(21)12-13-29-23)17-9-6-16(7-10-17)8-11-24(31)32/h3-15,29H,2H2,1H3,(H,31,32)/b11-8+,25-19+. The number of hydrogen-bond acceptors (Lipinski definition) is 2. The fraction of sp³-hybridized carbons (Fsp3) is 0.0769. The van der Waals surface area contributed by atoms with Gasteiger partial charge in [0.05, 0.1) is 15.7 Å². The third kappa shape index (κ3) is 4.47. The van der Waals surface area contributed by atoms with Gasteiger partial charge in [0.25, 0.3) is 0 Å². The van der Waals surface area contributed by atoms with Crippen LogP contribution in [0.1, 0.15) is 35.7 Å². The summed E-state index contributed by atoms with van der Waals surface area (Å²) in [6.07, 6.45) is 6.92. The van der Waals surface area contributed by atoms with Gasteiger partial charge in [-0.05, 0) is 58.5 Å². The molecule has 0 radical (unpaired) electrons. The van der Waals surface area contributed by atoms with Crippen LogP contribution in [-0.4, -0.2) is 21.0 Å². The van der Waals surface area contributed by atoms with E-state index >= 15 is 0 Å². The van der Waals surface area contributed by atoms with Gasteiger partial charge in [-0.15, -0.1) is 0 Å². The van der Waals surface area contributed by atoms with Crippen LogP contribution in [0.25, 0.3) is 28.1 Å². The summed E-state index contributed by atoms with van der Waals surface area (Å²) in [4.78, 5) is 18.7. The smallest absolute Gasteiger partial charge is 0.328 e. The molecule has 0 saturated heterocycles. The van der Waals surface area contributed by atoms with Crippen LogP contribution in [0.15, 0.2) is 73.1 Å². The molecule has 0 bridgehead atoms. The van der Waals surface area contributed by atoms with Gasteiger partial charge in [0.2, 0.25) is 0 Å². The number of rotatable bonds is 6.